The highest BCUT2D eigenvalue weighted by Gasteiger charge is 2.46. The molecule has 10 bridgehead atoms. The number of nitrogens with two attached hydrogens (primary N) is 1. The van der Waals surface area contributed by atoms with Gasteiger partial charge in [0.2, 0.25) is 11.8 Å². The van der Waals surface area contributed by atoms with Gasteiger partial charge in [0, 0.05) is 88.4 Å². The minimum atomic E-state index is -1.43. The number of aliphatic carboxylic acids is 1. The van der Waals surface area contributed by atoms with Crippen LogP contribution in [0.3, 0.4) is 0 Å². The standard InChI is InChI=1S/C67H67N15O12S6/c1-32-48(83)25-82-54(32)65-77-47(31-99-65)62-73-43(27-96-62)52-39(17-18-40(70-52)61-75-44(29-97-61)56(87)69-37-13-11-36(12-14-37)67(92)93)60-74-45(28-95-60)57(88)71-41(24-49(68)84)63-79-51(33(2)100-63)59(90)78-53(55(86)35-7-5-4-6-8-35)64-76-46(30-98-64)58(89)72-42(66(82)91)23-34-9-15-38(16-10-34)94-26-50(85)81-21-19-80(3)20-22-81/h4-10,15-18,27-32,36-37,41-42,48,53-55,83,86H,11-14,19-26H2,1-3H3,(H2,68,84)(H,69,87)(H,71,88)(H,72,89)(H,78,90)(H,92,93)/t32-,36?,37?,41-,42-,48-,53-,54-,55+/m0/s1. The number of carboxylic acids is 1. The average molecular weight is 1470 g/mol. The van der Waals surface area contributed by atoms with Gasteiger partial charge in [-0.3, -0.25) is 38.4 Å². The second-order valence-corrected chi connectivity index (χ2v) is 30.5. The summed E-state index contributed by atoms with van der Waals surface area (Å²) in [5.41, 5.74) is 8.71. The molecule has 3 aliphatic heterocycles. The number of piperazine rings is 1. The lowest BCUT2D eigenvalue weighted by Crippen LogP contribution is -2.50. The Kier molecular flexibility index (Phi) is 20.7. The lowest BCUT2D eigenvalue weighted by Gasteiger charge is -2.32. The van der Waals surface area contributed by atoms with Crippen LogP contribution in [0.2, 0.25) is 0 Å². The van der Waals surface area contributed by atoms with Gasteiger partial charge in [-0.25, -0.2) is 34.9 Å². The van der Waals surface area contributed by atoms with Gasteiger partial charge in [0.15, 0.2) is 6.61 Å². The van der Waals surface area contributed by atoms with Gasteiger partial charge in [-0.15, -0.1) is 68.0 Å². The Balaban J connectivity index is 0.861. The number of ether oxygens (including phenoxy) is 1. The zero-order chi connectivity index (χ0) is 70.0. The molecule has 0 spiro atoms. The van der Waals surface area contributed by atoms with Crippen LogP contribution >= 0.6 is 68.0 Å². The predicted octanol–water partition coefficient (Wildman–Crippen LogP) is 7.11. The molecule has 7 aromatic heterocycles. The first-order chi connectivity index (χ1) is 48.2. The fraction of sp³-hybridized carbons (Fsp3) is 0.358. The average Bonchev–Trinajstić information content (AvgIpc) is 1.60. The molecule has 2 saturated heterocycles. The molecular weight excluding hydrogens is 1400 g/mol. The quantitative estimate of drug-likeness (QED) is 0.0570. The molecule has 0 radical (unpaired) electrons. The summed E-state index contributed by atoms with van der Waals surface area (Å²) in [6.07, 6.45) is -0.977. The van der Waals surface area contributed by atoms with Crippen LogP contribution in [-0.4, -0.2) is 177 Å². The fourth-order valence-electron chi connectivity index (χ4n) is 12.4. The number of thiazole rings is 6. The van der Waals surface area contributed by atoms with Crippen molar-refractivity contribution in [3.63, 3.8) is 0 Å². The van der Waals surface area contributed by atoms with E-state index in [4.69, 9.17) is 35.4 Å². The third kappa shape index (κ3) is 15.3. The van der Waals surface area contributed by atoms with Gasteiger partial charge in [-0.2, -0.15) is 0 Å². The van der Waals surface area contributed by atoms with Crippen molar-refractivity contribution in [2.45, 2.75) is 94.8 Å². The zero-order valence-corrected chi connectivity index (χ0v) is 58.8. The van der Waals surface area contributed by atoms with Gasteiger partial charge < -0.3 is 61.8 Å². The molecule has 9 N–H and O–H groups in total. The summed E-state index contributed by atoms with van der Waals surface area (Å²) in [4.78, 5) is 150. The number of likely N-dealkylation sites (N-methyl/N-ethyl adjacent to an activating group) is 1. The molecular formula is C67H67N15O12S6. The molecule has 3 fully saturated rings. The molecule has 0 unspecified atom stereocenters. The third-order valence-corrected chi connectivity index (χ3v) is 23.6. The number of carboxylic acid groups (broad SMARTS) is 1. The second-order valence-electron chi connectivity index (χ2n) is 24.9. The number of fused-ring (bicyclic) bond motifs is 16. The Morgan fingerprint density at radius 1 is 0.680 bits per heavy atom. The summed E-state index contributed by atoms with van der Waals surface area (Å²) in [6, 6.07) is 14.1. The van der Waals surface area contributed by atoms with Gasteiger partial charge in [0.05, 0.1) is 36.2 Å². The van der Waals surface area contributed by atoms with Crippen LogP contribution in [0.1, 0.15) is 136 Å². The Morgan fingerprint density at radius 3 is 2.07 bits per heavy atom. The van der Waals surface area contributed by atoms with Gasteiger partial charge >= 0.3 is 5.97 Å². The fourth-order valence-corrected chi connectivity index (χ4v) is 17.7. The van der Waals surface area contributed by atoms with E-state index in [0.29, 0.717) is 109 Å². The first kappa shape index (κ1) is 69.3. The highest BCUT2D eigenvalue weighted by atomic mass is 32.1. The van der Waals surface area contributed by atoms with E-state index >= 15 is 4.79 Å². The molecule has 10 heterocycles. The zero-order valence-electron chi connectivity index (χ0n) is 53.9. The second kappa shape index (κ2) is 29.9. The van der Waals surface area contributed by atoms with E-state index in [1.165, 1.54) is 49.7 Å². The minimum Gasteiger partial charge on any atom is -0.484 e. The summed E-state index contributed by atoms with van der Waals surface area (Å²) in [5.74, 6) is -5.52. The minimum absolute atomic E-state index is 0.0357. The molecule has 1 aliphatic carbocycles. The molecule has 2 aromatic carbocycles. The third-order valence-electron chi connectivity index (χ3n) is 18.1. The van der Waals surface area contributed by atoms with Crippen molar-refractivity contribution in [2.75, 3.05) is 46.4 Å². The van der Waals surface area contributed by atoms with Crippen molar-refractivity contribution in [2.24, 2.45) is 17.6 Å². The maximum Gasteiger partial charge on any atom is 0.306 e. The first-order valence-electron chi connectivity index (χ1n) is 32.1. The van der Waals surface area contributed by atoms with Crippen LogP contribution < -0.4 is 31.7 Å². The summed E-state index contributed by atoms with van der Waals surface area (Å²) in [6.45, 7) is 5.86. The maximum absolute atomic E-state index is 15.5. The smallest absolute Gasteiger partial charge is 0.306 e. The summed E-state index contributed by atoms with van der Waals surface area (Å²) in [5, 5.41) is 55.2. The van der Waals surface area contributed by atoms with Crippen molar-refractivity contribution in [1.82, 2.24) is 70.9 Å². The molecule has 100 heavy (non-hydrogen) atoms. The number of hydrogen-bond donors (Lipinski definition) is 8. The number of nitrogens with one attached hydrogen (secondary N) is 4. The molecule has 518 valence electrons. The van der Waals surface area contributed by atoms with Crippen LogP contribution in [0.4, 0.5) is 0 Å². The van der Waals surface area contributed by atoms with Crippen LogP contribution in [0, 0.1) is 18.8 Å². The van der Waals surface area contributed by atoms with Crippen molar-refractivity contribution >= 4 is 115 Å². The monoisotopic (exact) mass is 1470 g/mol. The van der Waals surface area contributed by atoms with Crippen molar-refractivity contribution < 1.29 is 58.4 Å². The van der Waals surface area contributed by atoms with Gasteiger partial charge in [0.1, 0.15) is 93.8 Å². The summed E-state index contributed by atoms with van der Waals surface area (Å²) >= 11 is 6.89. The van der Waals surface area contributed by atoms with E-state index < -0.39 is 96.0 Å². The van der Waals surface area contributed by atoms with E-state index in [-0.39, 0.29) is 64.3 Å². The Hall–Kier alpha value is -9.19. The summed E-state index contributed by atoms with van der Waals surface area (Å²) < 4.78 is 5.93. The number of rotatable bonds is 13. The number of amides is 7. The van der Waals surface area contributed by atoms with E-state index in [2.05, 4.69) is 36.1 Å². The lowest BCUT2D eigenvalue weighted by atomic mass is 9.86. The van der Waals surface area contributed by atoms with Crippen molar-refractivity contribution in [3.05, 3.63) is 147 Å². The number of aryl methyl sites for hydroxylation is 1. The largest absolute Gasteiger partial charge is 0.484 e. The highest BCUT2D eigenvalue weighted by Crippen LogP contribution is 2.43. The Bertz CT molecular complexity index is 4560. The van der Waals surface area contributed by atoms with E-state index in [0.717, 1.165) is 47.1 Å². The van der Waals surface area contributed by atoms with E-state index in [1.54, 1.807) is 94.7 Å². The SMILES string of the molecule is Cc1sc2nc1C(=O)N[C@@H]([C@H](O)c1ccccc1)c1nc(cs1)C(=O)N[C@@H](Cc1ccc(OCC(=O)N3CCN(C)CC3)cc1)C(=O)N1C[C@H](O)[C@H](C)[C@H]1c1nc(cs1)-c1nc(cs1)-c1nc(-c3nc(C(=O)NC4CCC(C(=O)O)CC4)cs3)ccc1-c1nc(cs1)C(=O)N[C@H]2CC(N)=O. The van der Waals surface area contributed by atoms with Crippen LogP contribution in [0.25, 0.3) is 43.4 Å². The number of carbonyl (C=O) groups is 8. The highest BCUT2D eigenvalue weighted by molar-refractivity contribution is 7.15. The van der Waals surface area contributed by atoms with Crippen LogP contribution in [0.15, 0.2) is 93.6 Å². The molecule has 33 heteroatoms. The van der Waals surface area contributed by atoms with Crippen LogP contribution in [0.5, 0.6) is 5.75 Å². The molecule has 1 saturated carbocycles. The normalized spacial score (nSPS) is 21.9. The molecule has 7 atom stereocenters. The molecule has 4 aliphatic rings. The van der Waals surface area contributed by atoms with E-state index in [1.807, 2.05) is 14.0 Å². The first-order valence-corrected chi connectivity index (χ1v) is 37.3. The number of aliphatic hydroxyl groups excluding tert-OH is 2. The van der Waals surface area contributed by atoms with Crippen molar-refractivity contribution in [1.29, 1.82) is 0 Å². The molecule has 27 nitrogen and oxygen atoms in total. The number of benzene rings is 2. The van der Waals surface area contributed by atoms with Crippen LogP contribution in [-0.2, 0) is 25.6 Å². The summed E-state index contributed by atoms with van der Waals surface area (Å²) in [7, 11) is 2.00. The lowest BCUT2D eigenvalue weighted by molar-refractivity contribution is -0.143. The topological polar surface area (TPSA) is 381 Å². The molecule has 9 aromatic rings. The number of nitrogens with zero attached hydrogens (tertiary/aromatic N) is 10. The predicted molar refractivity (Wildman–Crippen MR) is 375 cm³/mol. The number of aliphatic hydroxyl groups is 2. The number of carbonyl (C=O) groups excluding carboxylic acids is 7. The van der Waals surface area contributed by atoms with E-state index in [9.17, 15) is 48.9 Å². The number of hydrogen-bond acceptors (Lipinski definition) is 25. The van der Waals surface area contributed by atoms with Crippen molar-refractivity contribution in [3.8, 4) is 49.1 Å². The van der Waals surface area contributed by atoms with Gasteiger partial charge in [-0.1, -0.05) is 49.4 Å². The van der Waals surface area contributed by atoms with Gasteiger partial charge in [0.25, 0.3) is 29.5 Å². The maximum atomic E-state index is 15.5. The number of pyridine rings is 1. The molecule has 7 amide bonds. The molecule has 13 rings (SSSR count). The Morgan fingerprint density at radius 2 is 1.33 bits per heavy atom. The number of aromatic nitrogens is 7. The van der Waals surface area contributed by atoms with Gasteiger partial charge in [-0.05, 0) is 75.0 Å². The number of primary amides is 1. The Labute approximate surface area is 596 Å².